The van der Waals surface area contributed by atoms with Crippen LogP contribution in [0.5, 0.6) is 0 Å². The van der Waals surface area contributed by atoms with Crippen molar-refractivity contribution >= 4 is 27.4 Å². The Labute approximate surface area is 163 Å². The molecule has 0 spiro atoms. The first kappa shape index (κ1) is 20.2. The van der Waals surface area contributed by atoms with Crippen molar-refractivity contribution in [2.24, 2.45) is 5.92 Å². The van der Waals surface area contributed by atoms with Gasteiger partial charge < -0.3 is 5.32 Å². The first-order valence-corrected chi connectivity index (χ1v) is 10.4. The number of carbonyl (C=O) groups excluding carboxylic acids is 2. The van der Waals surface area contributed by atoms with Crippen LogP contribution >= 0.6 is 0 Å². The van der Waals surface area contributed by atoms with Crippen molar-refractivity contribution in [3.05, 3.63) is 59.9 Å². The van der Waals surface area contributed by atoms with Gasteiger partial charge in [0.05, 0.1) is 10.8 Å². The SMILES string of the molecule is CC(=O)c1ccc(NC(=O)C2CCCN(S(=O)(=O)c3ccc(F)cc3)C2)cc1. The minimum Gasteiger partial charge on any atom is -0.326 e. The molecule has 148 valence electrons. The number of halogens is 1. The van der Waals surface area contributed by atoms with E-state index in [1.807, 2.05) is 0 Å². The Balaban J connectivity index is 1.69. The van der Waals surface area contributed by atoms with Crippen LogP contribution in [0.3, 0.4) is 0 Å². The molecule has 1 fully saturated rings. The number of benzene rings is 2. The molecule has 0 aliphatic carbocycles. The van der Waals surface area contributed by atoms with Gasteiger partial charge in [-0.1, -0.05) is 0 Å². The molecule has 1 heterocycles. The van der Waals surface area contributed by atoms with Crippen LogP contribution in [0.1, 0.15) is 30.1 Å². The van der Waals surface area contributed by atoms with E-state index < -0.39 is 21.8 Å². The van der Waals surface area contributed by atoms with Crippen molar-refractivity contribution in [3.8, 4) is 0 Å². The van der Waals surface area contributed by atoms with Crippen LogP contribution in [0.25, 0.3) is 0 Å². The highest BCUT2D eigenvalue weighted by Gasteiger charge is 2.33. The molecule has 1 unspecified atom stereocenters. The van der Waals surface area contributed by atoms with E-state index in [1.54, 1.807) is 24.3 Å². The molecular formula is C20H21FN2O4S. The maximum atomic E-state index is 13.1. The zero-order valence-electron chi connectivity index (χ0n) is 15.4. The number of amides is 1. The summed E-state index contributed by atoms with van der Waals surface area (Å²) in [4.78, 5) is 23.9. The highest BCUT2D eigenvalue weighted by molar-refractivity contribution is 7.89. The standard InChI is InChI=1S/C20H21FN2O4S/c1-14(24)15-4-8-18(9-5-15)22-20(25)16-3-2-12-23(13-16)28(26,27)19-10-6-17(21)7-11-19/h4-11,16H,2-3,12-13H2,1H3,(H,22,25). The van der Waals surface area contributed by atoms with Crippen molar-refractivity contribution < 1.29 is 22.4 Å². The molecule has 1 amide bonds. The summed E-state index contributed by atoms with van der Waals surface area (Å²) in [5.74, 6) is -1.33. The summed E-state index contributed by atoms with van der Waals surface area (Å²) < 4.78 is 39.9. The molecule has 2 aromatic rings. The smallest absolute Gasteiger partial charge is 0.243 e. The van der Waals surface area contributed by atoms with Crippen LogP contribution in [-0.4, -0.2) is 37.5 Å². The summed E-state index contributed by atoms with van der Waals surface area (Å²) in [7, 11) is -3.78. The highest BCUT2D eigenvalue weighted by Crippen LogP contribution is 2.25. The molecule has 28 heavy (non-hydrogen) atoms. The summed E-state index contributed by atoms with van der Waals surface area (Å²) in [6.45, 7) is 1.85. The monoisotopic (exact) mass is 404 g/mol. The Morgan fingerprint density at radius 3 is 2.32 bits per heavy atom. The van der Waals surface area contributed by atoms with Gasteiger partial charge in [-0.25, -0.2) is 12.8 Å². The molecule has 0 radical (unpaired) electrons. The summed E-state index contributed by atoms with van der Waals surface area (Å²) in [5, 5.41) is 2.78. The molecular weight excluding hydrogens is 383 g/mol. The maximum Gasteiger partial charge on any atom is 0.243 e. The van der Waals surface area contributed by atoms with Crippen LogP contribution in [-0.2, 0) is 14.8 Å². The lowest BCUT2D eigenvalue weighted by atomic mass is 9.98. The molecule has 1 aliphatic heterocycles. The van der Waals surface area contributed by atoms with Gasteiger partial charge >= 0.3 is 0 Å². The van der Waals surface area contributed by atoms with Crippen LogP contribution in [0.15, 0.2) is 53.4 Å². The lowest BCUT2D eigenvalue weighted by molar-refractivity contribution is -0.120. The van der Waals surface area contributed by atoms with Gasteiger partial charge in [-0.15, -0.1) is 0 Å². The number of rotatable bonds is 5. The van der Waals surface area contributed by atoms with Crippen molar-refractivity contribution in [2.45, 2.75) is 24.7 Å². The zero-order valence-corrected chi connectivity index (χ0v) is 16.2. The third-order valence-corrected chi connectivity index (χ3v) is 6.64. The molecule has 1 saturated heterocycles. The lowest BCUT2D eigenvalue weighted by Crippen LogP contribution is -2.43. The zero-order chi connectivity index (χ0) is 20.3. The van der Waals surface area contributed by atoms with Crippen LogP contribution in [0, 0.1) is 11.7 Å². The number of sulfonamides is 1. The van der Waals surface area contributed by atoms with E-state index >= 15 is 0 Å². The Hall–Kier alpha value is -2.58. The normalized spacial score (nSPS) is 17.9. The average molecular weight is 404 g/mol. The first-order chi connectivity index (χ1) is 13.3. The second kappa shape index (κ2) is 8.20. The van der Waals surface area contributed by atoms with Crippen LogP contribution in [0.2, 0.25) is 0 Å². The third-order valence-electron chi connectivity index (χ3n) is 4.77. The minimum atomic E-state index is -3.78. The highest BCUT2D eigenvalue weighted by atomic mass is 32.2. The number of ketones is 1. The van der Waals surface area contributed by atoms with Crippen molar-refractivity contribution in [1.29, 1.82) is 0 Å². The summed E-state index contributed by atoms with van der Waals surface area (Å²) in [6.07, 6.45) is 1.13. The molecule has 8 heteroatoms. The number of piperidine rings is 1. The first-order valence-electron chi connectivity index (χ1n) is 8.95. The fourth-order valence-corrected chi connectivity index (χ4v) is 4.69. The fourth-order valence-electron chi connectivity index (χ4n) is 3.16. The van der Waals surface area contributed by atoms with E-state index in [2.05, 4.69) is 5.32 Å². The molecule has 1 aliphatic rings. The van der Waals surface area contributed by atoms with E-state index in [9.17, 15) is 22.4 Å². The molecule has 0 saturated carbocycles. The van der Waals surface area contributed by atoms with E-state index in [4.69, 9.17) is 0 Å². The van der Waals surface area contributed by atoms with E-state index in [1.165, 1.54) is 23.4 Å². The fraction of sp³-hybridized carbons (Fsp3) is 0.300. The number of hydrogen-bond acceptors (Lipinski definition) is 4. The third kappa shape index (κ3) is 4.45. The largest absolute Gasteiger partial charge is 0.326 e. The predicted molar refractivity (Wildman–Crippen MR) is 103 cm³/mol. The summed E-state index contributed by atoms with van der Waals surface area (Å²) in [5.41, 5.74) is 1.10. The average Bonchev–Trinajstić information content (AvgIpc) is 2.69. The lowest BCUT2D eigenvalue weighted by Gasteiger charge is -2.31. The van der Waals surface area contributed by atoms with E-state index in [-0.39, 0.29) is 23.1 Å². The van der Waals surface area contributed by atoms with Crippen molar-refractivity contribution in [1.82, 2.24) is 4.31 Å². The van der Waals surface area contributed by atoms with Gasteiger partial charge in [0.1, 0.15) is 5.82 Å². The van der Waals surface area contributed by atoms with Crippen LogP contribution < -0.4 is 5.32 Å². The number of anilines is 1. The predicted octanol–water partition coefficient (Wildman–Crippen LogP) is 3.07. The molecule has 0 bridgehead atoms. The number of carbonyl (C=O) groups is 2. The Morgan fingerprint density at radius 2 is 1.71 bits per heavy atom. The molecule has 6 nitrogen and oxygen atoms in total. The van der Waals surface area contributed by atoms with E-state index in [0.29, 0.717) is 30.6 Å². The maximum absolute atomic E-state index is 13.1. The van der Waals surface area contributed by atoms with Gasteiger partial charge in [-0.2, -0.15) is 4.31 Å². The number of hydrogen-bond donors (Lipinski definition) is 1. The van der Waals surface area contributed by atoms with Gasteiger partial charge in [0.15, 0.2) is 5.78 Å². The van der Waals surface area contributed by atoms with Crippen molar-refractivity contribution in [3.63, 3.8) is 0 Å². The Morgan fingerprint density at radius 1 is 1.07 bits per heavy atom. The number of nitrogens with one attached hydrogen (secondary N) is 1. The summed E-state index contributed by atoms with van der Waals surface area (Å²) in [6, 6.07) is 11.2. The Bertz CT molecular complexity index is 972. The molecule has 0 aromatic heterocycles. The minimum absolute atomic E-state index is 0.00906. The Kier molecular flexibility index (Phi) is 5.90. The quantitative estimate of drug-likeness (QED) is 0.777. The van der Waals surface area contributed by atoms with Crippen molar-refractivity contribution in [2.75, 3.05) is 18.4 Å². The molecule has 3 rings (SSSR count). The summed E-state index contributed by atoms with van der Waals surface area (Å²) >= 11 is 0. The van der Waals surface area contributed by atoms with Gasteiger partial charge in [0, 0.05) is 24.3 Å². The topological polar surface area (TPSA) is 83.6 Å². The molecule has 2 aromatic carbocycles. The van der Waals surface area contributed by atoms with Crippen LogP contribution in [0.4, 0.5) is 10.1 Å². The van der Waals surface area contributed by atoms with E-state index in [0.717, 1.165) is 12.1 Å². The van der Waals surface area contributed by atoms with Gasteiger partial charge in [-0.3, -0.25) is 9.59 Å². The number of nitrogens with zero attached hydrogens (tertiary/aromatic N) is 1. The molecule has 1 atom stereocenters. The van der Waals surface area contributed by atoms with Gasteiger partial charge in [-0.05, 0) is 68.3 Å². The van der Waals surface area contributed by atoms with Gasteiger partial charge in [0.2, 0.25) is 15.9 Å². The molecule has 1 N–H and O–H groups in total. The second-order valence-electron chi connectivity index (χ2n) is 6.78. The number of Topliss-reactive ketones (excluding diaryl/α,β-unsaturated/α-hetero) is 1. The van der Waals surface area contributed by atoms with Gasteiger partial charge in [0.25, 0.3) is 0 Å². The second-order valence-corrected chi connectivity index (χ2v) is 8.72.